The number of hydrogen-bond acceptors (Lipinski definition) is 6. The van der Waals surface area contributed by atoms with E-state index in [4.69, 9.17) is 10.5 Å². The first-order valence-corrected chi connectivity index (χ1v) is 5.38. The highest BCUT2D eigenvalue weighted by molar-refractivity contribution is 7.99. The van der Waals surface area contributed by atoms with Crippen LogP contribution in [0.1, 0.15) is 0 Å². The van der Waals surface area contributed by atoms with Gasteiger partial charge in [0.15, 0.2) is 5.65 Å². The Labute approximate surface area is 90.6 Å². The zero-order chi connectivity index (χ0) is 10.7. The summed E-state index contributed by atoms with van der Waals surface area (Å²) < 4.78 is 4.97. The Balaban J connectivity index is 2.27. The van der Waals surface area contributed by atoms with E-state index in [1.165, 1.54) is 0 Å². The first-order valence-electron chi connectivity index (χ1n) is 4.39. The lowest BCUT2D eigenvalue weighted by Gasteiger charge is -2.01. The number of nitrogens with zero attached hydrogens (tertiary/aromatic N) is 3. The number of nitrogens with one attached hydrogen (secondary N) is 1. The molecule has 0 amide bonds. The molecule has 0 fully saturated rings. The fourth-order valence-electron chi connectivity index (χ4n) is 1.16. The number of aromatic amines is 1. The fourth-order valence-corrected chi connectivity index (χ4v) is 2.06. The monoisotopic (exact) mass is 225 g/mol. The van der Waals surface area contributed by atoms with Gasteiger partial charge in [-0.05, 0) is 0 Å². The number of rotatable bonds is 4. The molecule has 6 nitrogen and oxygen atoms in total. The average molecular weight is 225 g/mol. The normalized spacial score (nSPS) is 11.0. The molecular weight excluding hydrogens is 214 g/mol. The summed E-state index contributed by atoms with van der Waals surface area (Å²) in [6, 6.07) is 0. The van der Waals surface area contributed by atoms with Crippen LogP contribution in [-0.4, -0.2) is 39.6 Å². The molecule has 2 rings (SSSR count). The van der Waals surface area contributed by atoms with Crippen molar-refractivity contribution >= 4 is 28.7 Å². The summed E-state index contributed by atoms with van der Waals surface area (Å²) in [4.78, 5) is 8.19. The van der Waals surface area contributed by atoms with E-state index in [9.17, 15) is 0 Å². The van der Waals surface area contributed by atoms with Gasteiger partial charge in [0.2, 0.25) is 5.95 Å². The summed E-state index contributed by atoms with van der Waals surface area (Å²) in [6.45, 7) is 0.675. The van der Waals surface area contributed by atoms with Gasteiger partial charge in [-0.2, -0.15) is 10.1 Å². The third-order valence-corrected chi connectivity index (χ3v) is 2.77. The van der Waals surface area contributed by atoms with Gasteiger partial charge in [-0.25, -0.2) is 4.98 Å². The molecule has 0 aliphatic carbocycles. The maximum Gasteiger partial charge on any atom is 0.223 e. The summed E-state index contributed by atoms with van der Waals surface area (Å²) >= 11 is 1.58. The highest BCUT2D eigenvalue weighted by Crippen LogP contribution is 2.24. The van der Waals surface area contributed by atoms with E-state index in [-0.39, 0.29) is 5.95 Å². The molecular formula is C8H11N5OS. The summed E-state index contributed by atoms with van der Waals surface area (Å²) in [5.41, 5.74) is 6.24. The van der Waals surface area contributed by atoms with Crippen molar-refractivity contribution in [3.63, 3.8) is 0 Å². The summed E-state index contributed by atoms with van der Waals surface area (Å²) in [5, 5.41) is 8.40. The highest BCUT2D eigenvalue weighted by atomic mass is 32.2. The minimum absolute atomic E-state index is 0.256. The Morgan fingerprint density at radius 2 is 2.40 bits per heavy atom. The Kier molecular flexibility index (Phi) is 3.02. The minimum Gasteiger partial charge on any atom is -0.384 e. The van der Waals surface area contributed by atoms with Crippen molar-refractivity contribution in [3.05, 3.63) is 6.20 Å². The van der Waals surface area contributed by atoms with Gasteiger partial charge in [0.25, 0.3) is 0 Å². The third-order valence-electron chi connectivity index (χ3n) is 1.82. The number of ether oxygens (including phenoxy) is 1. The van der Waals surface area contributed by atoms with E-state index in [2.05, 4.69) is 20.2 Å². The largest absolute Gasteiger partial charge is 0.384 e. The average Bonchev–Trinajstić information content (AvgIpc) is 2.65. The van der Waals surface area contributed by atoms with Crippen LogP contribution in [0.25, 0.3) is 11.0 Å². The van der Waals surface area contributed by atoms with E-state index in [0.717, 1.165) is 16.2 Å². The molecule has 80 valence electrons. The van der Waals surface area contributed by atoms with Gasteiger partial charge in [-0.3, -0.25) is 5.10 Å². The van der Waals surface area contributed by atoms with Crippen LogP contribution in [0.15, 0.2) is 11.2 Å². The molecule has 0 unspecified atom stereocenters. The van der Waals surface area contributed by atoms with Gasteiger partial charge in [0.05, 0.1) is 18.2 Å². The molecule has 2 aromatic rings. The van der Waals surface area contributed by atoms with Crippen LogP contribution in [0.3, 0.4) is 0 Å². The minimum atomic E-state index is 0.256. The van der Waals surface area contributed by atoms with Crippen molar-refractivity contribution in [1.82, 2.24) is 20.2 Å². The van der Waals surface area contributed by atoms with Crippen LogP contribution in [0, 0.1) is 0 Å². The molecule has 0 aromatic carbocycles. The zero-order valence-electron chi connectivity index (χ0n) is 8.23. The van der Waals surface area contributed by atoms with Crippen molar-refractivity contribution in [2.45, 2.75) is 5.03 Å². The standard InChI is InChI=1S/C8H11N5OS/c1-14-2-3-15-7-5-4-10-13-6(5)11-8(9)12-7/h4H,2-3H2,1H3,(H3,9,10,11,12,13). The van der Waals surface area contributed by atoms with Crippen LogP contribution in [0.5, 0.6) is 0 Å². The number of anilines is 1. The molecule has 15 heavy (non-hydrogen) atoms. The van der Waals surface area contributed by atoms with Gasteiger partial charge in [0, 0.05) is 12.9 Å². The Bertz CT molecular complexity index is 457. The van der Waals surface area contributed by atoms with Gasteiger partial charge >= 0.3 is 0 Å². The first kappa shape index (κ1) is 10.2. The van der Waals surface area contributed by atoms with Crippen LogP contribution < -0.4 is 5.73 Å². The van der Waals surface area contributed by atoms with Crippen molar-refractivity contribution in [2.75, 3.05) is 25.2 Å². The summed E-state index contributed by atoms with van der Waals surface area (Å²) in [5.74, 6) is 1.08. The molecule has 7 heteroatoms. The van der Waals surface area contributed by atoms with Crippen LogP contribution in [0.2, 0.25) is 0 Å². The number of thioether (sulfide) groups is 1. The number of aromatic nitrogens is 4. The number of hydrogen-bond donors (Lipinski definition) is 2. The fraction of sp³-hybridized carbons (Fsp3) is 0.375. The molecule has 0 saturated carbocycles. The second kappa shape index (κ2) is 4.45. The SMILES string of the molecule is COCCSc1nc(N)nc2[nH]ncc12. The summed E-state index contributed by atoms with van der Waals surface area (Å²) in [6.07, 6.45) is 1.70. The van der Waals surface area contributed by atoms with E-state index in [0.29, 0.717) is 12.3 Å². The number of H-pyrrole nitrogens is 1. The van der Waals surface area contributed by atoms with Crippen LogP contribution in [-0.2, 0) is 4.74 Å². The Morgan fingerprint density at radius 3 is 3.20 bits per heavy atom. The lowest BCUT2D eigenvalue weighted by atomic mass is 10.4. The van der Waals surface area contributed by atoms with Gasteiger partial charge in [-0.1, -0.05) is 0 Å². The topological polar surface area (TPSA) is 89.7 Å². The predicted octanol–water partition coefficient (Wildman–Crippen LogP) is 0.674. The zero-order valence-corrected chi connectivity index (χ0v) is 9.04. The van der Waals surface area contributed by atoms with Gasteiger partial charge in [-0.15, -0.1) is 11.8 Å². The molecule has 0 bridgehead atoms. The van der Waals surface area contributed by atoms with Crippen LogP contribution in [0.4, 0.5) is 5.95 Å². The molecule has 0 atom stereocenters. The maximum absolute atomic E-state index is 5.57. The lowest BCUT2D eigenvalue weighted by molar-refractivity contribution is 0.218. The predicted molar refractivity (Wildman–Crippen MR) is 58.7 cm³/mol. The molecule has 3 N–H and O–H groups in total. The molecule has 0 radical (unpaired) electrons. The third kappa shape index (κ3) is 2.18. The molecule has 0 aliphatic rings. The van der Waals surface area contributed by atoms with Crippen LogP contribution >= 0.6 is 11.8 Å². The maximum atomic E-state index is 5.57. The van der Waals surface area contributed by atoms with E-state index in [1.54, 1.807) is 25.1 Å². The molecule has 2 heterocycles. The van der Waals surface area contributed by atoms with E-state index >= 15 is 0 Å². The first-order chi connectivity index (χ1) is 7.31. The van der Waals surface area contributed by atoms with Crippen molar-refractivity contribution in [1.29, 1.82) is 0 Å². The van der Waals surface area contributed by atoms with E-state index in [1.807, 2.05) is 0 Å². The molecule has 0 saturated heterocycles. The second-order valence-corrected chi connectivity index (χ2v) is 3.94. The van der Waals surface area contributed by atoms with Crippen molar-refractivity contribution in [2.24, 2.45) is 0 Å². The number of methoxy groups -OCH3 is 1. The van der Waals surface area contributed by atoms with Crippen molar-refractivity contribution in [3.8, 4) is 0 Å². The molecule has 0 spiro atoms. The number of fused-ring (bicyclic) bond motifs is 1. The highest BCUT2D eigenvalue weighted by Gasteiger charge is 2.07. The molecule has 2 aromatic heterocycles. The Hall–Kier alpha value is -1.34. The van der Waals surface area contributed by atoms with Crippen molar-refractivity contribution < 1.29 is 4.74 Å². The number of nitrogens with two attached hydrogens (primary N) is 1. The lowest BCUT2D eigenvalue weighted by Crippen LogP contribution is -1.98. The number of nitrogen functional groups attached to an aromatic ring is 1. The van der Waals surface area contributed by atoms with E-state index < -0.39 is 0 Å². The molecule has 0 aliphatic heterocycles. The Morgan fingerprint density at radius 1 is 1.53 bits per heavy atom. The second-order valence-electron chi connectivity index (χ2n) is 2.86. The summed E-state index contributed by atoms with van der Waals surface area (Å²) in [7, 11) is 1.67. The smallest absolute Gasteiger partial charge is 0.223 e. The van der Waals surface area contributed by atoms with Gasteiger partial charge < -0.3 is 10.5 Å². The van der Waals surface area contributed by atoms with Gasteiger partial charge in [0.1, 0.15) is 5.03 Å². The quantitative estimate of drug-likeness (QED) is 0.451.